The molecule has 1 amide bonds. The second kappa shape index (κ2) is 6.35. The van der Waals surface area contributed by atoms with Crippen LogP contribution in [0.4, 0.5) is 4.39 Å². The lowest BCUT2D eigenvalue weighted by atomic mass is 9.96. The van der Waals surface area contributed by atoms with Crippen molar-refractivity contribution in [3.05, 3.63) is 35.6 Å². The molecule has 1 aromatic carbocycles. The van der Waals surface area contributed by atoms with Gasteiger partial charge in [-0.1, -0.05) is 25.5 Å². The third-order valence-electron chi connectivity index (χ3n) is 4.02. The number of hydrogen-bond acceptors (Lipinski definition) is 2. The van der Waals surface area contributed by atoms with Crippen molar-refractivity contribution in [2.45, 2.75) is 45.1 Å². The molecule has 2 rings (SSSR count). The standard InChI is InChI=1S/C16H23FN2O/c1-2-3-14(18)15(20)19-11-16(8-9-16)10-12-4-6-13(17)7-5-12/h4-7,14H,2-3,8-11,18H2,1H3,(H,19,20). The SMILES string of the molecule is CCCC(N)C(=O)NCC1(Cc2ccc(F)cc2)CC1. The Balaban J connectivity index is 1.83. The smallest absolute Gasteiger partial charge is 0.236 e. The largest absolute Gasteiger partial charge is 0.354 e. The monoisotopic (exact) mass is 278 g/mol. The van der Waals surface area contributed by atoms with Gasteiger partial charge in [-0.05, 0) is 48.8 Å². The zero-order valence-electron chi connectivity index (χ0n) is 12.0. The Kier molecular flexibility index (Phi) is 4.76. The number of rotatable bonds is 7. The number of carbonyl (C=O) groups excluding carboxylic acids is 1. The molecule has 0 heterocycles. The van der Waals surface area contributed by atoms with Gasteiger partial charge in [0.15, 0.2) is 0 Å². The maximum Gasteiger partial charge on any atom is 0.236 e. The summed E-state index contributed by atoms with van der Waals surface area (Å²) in [5, 5.41) is 2.96. The molecule has 3 N–H and O–H groups in total. The first-order valence-corrected chi connectivity index (χ1v) is 7.32. The first-order chi connectivity index (χ1) is 9.54. The zero-order valence-corrected chi connectivity index (χ0v) is 12.0. The highest BCUT2D eigenvalue weighted by molar-refractivity contribution is 5.81. The summed E-state index contributed by atoms with van der Waals surface area (Å²) in [7, 11) is 0. The highest BCUT2D eigenvalue weighted by Gasteiger charge is 2.42. The molecule has 0 bridgehead atoms. The first-order valence-electron chi connectivity index (χ1n) is 7.32. The van der Waals surface area contributed by atoms with Gasteiger partial charge in [0.05, 0.1) is 6.04 Å². The van der Waals surface area contributed by atoms with Crippen LogP contribution in [0.2, 0.25) is 0 Å². The van der Waals surface area contributed by atoms with E-state index in [0.717, 1.165) is 37.7 Å². The number of benzene rings is 1. The summed E-state index contributed by atoms with van der Waals surface area (Å²) < 4.78 is 12.9. The van der Waals surface area contributed by atoms with Crippen molar-refractivity contribution < 1.29 is 9.18 Å². The van der Waals surface area contributed by atoms with Crippen molar-refractivity contribution in [2.24, 2.45) is 11.1 Å². The van der Waals surface area contributed by atoms with Crippen LogP contribution in [0.15, 0.2) is 24.3 Å². The molecule has 1 fully saturated rings. The summed E-state index contributed by atoms with van der Waals surface area (Å²) in [6, 6.07) is 6.21. The second-order valence-corrected chi connectivity index (χ2v) is 5.92. The average molecular weight is 278 g/mol. The van der Waals surface area contributed by atoms with E-state index in [1.165, 1.54) is 12.1 Å². The van der Waals surface area contributed by atoms with E-state index in [1.807, 2.05) is 19.1 Å². The van der Waals surface area contributed by atoms with Crippen LogP contribution in [0.3, 0.4) is 0 Å². The lowest BCUT2D eigenvalue weighted by molar-refractivity contribution is -0.122. The molecule has 1 atom stereocenters. The summed E-state index contributed by atoms with van der Waals surface area (Å²) in [6.45, 7) is 2.69. The molecule has 4 heteroatoms. The fourth-order valence-corrected chi connectivity index (χ4v) is 2.48. The quantitative estimate of drug-likeness (QED) is 0.804. The zero-order chi connectivity index (χ0) is 14.6. The molecule has 1 aliphatic rings. The van der Waals surface area contributed by atoms with Gasteiger partial charge in [0.2, 0.25) is 5.91 Å². The van der Waals surface area contributed by atoms with Gasteiger partial charge in [-0.2, -0.15) is 0 Å². The fourth-order valence-electron chi connectivity index (χ4n) is 2.48. The average Bonchev–Trinajstić information content (AvgIpc) is 3.19. The Morgan fingerprint density at radius 1 is 1.40 bits per heavy atom. The van der Waals surface area contributed by atoms with Crippen LogP contribution in [-0.2, 0) is 11.2 Å². The third-order valence-corrected chi connectivity index (χ3v) is 4.02. The minimum atomic E-state index is -0.401. The van der Waals surface area contributed by atoms with Crippen molar-refractivity contribution in [1.82, 2.24) is 5.32 Å². The van der Waals surface area contributed by atoms with Gasteiger partial charge in [-0.25, -0.2) is 4.39 Å². The Bertz CT molecular complexity index is 454. The molecule has 110 valence electrons. The second-order valence-electron chi connectivity index (χ2n) is 5.92. The lowest BCUT2D eigenvalue weighted by Gasteiger charge is -2.18. The van der Waals surface area contributed by atoms with E-state index in [0.29, 0.717) is 6.54 Å². The summed E-state index contributed by atoms with van der Waals surface area (Å²) in [5.41, 5.74) is 7.07. The van der Waals surface area contributed by atoms with Gasteiger partial charge in [-0.15, -0.1) is 0 Å². The molecule has 0 aromatic heterocycles. The highest BCUT2D eigenvalue weighted by atomic mass is 19.1. The molecular formula is C16H23FN2O. The van der Waals surface area contributed by atoms with E-state index in [1.54, 1.807) is 0 Å². The topological polar surface area (TPSA) is 55.1 Å². The molecule has 1 unspecified atom stereocenters. The van der Waals surface area contributed by atoms with Crippen molar-refractivity contribution in [3.8, 4) is 0 Å². The molecule has 1 saturated carbocycles. The maximum absolute atomic E-state index is 12.9. The molecule has 3 nitrogen and oxygen atoms in total. The summed E-state index contributed by atoms with van der Waals surface area (Å²) >= 11 is 0. The van der Waals surface area contributed by atoms with Crippen LogP contribution in [-0.4, -0.2) is 18.5 Å². The van der Waals surface area contributed by atoms with E-state index in [9.17, 15) is 9.18 Å². The molecule has 1 aromatic rings. The molecule has 0 saturated heterocycles. The van der Waals surface area contributed by atoms with Gasteiger partial charge in [0.25, 0.3) is 0 Å². The summed E-state index contributed by atoms with van der Waals surface area (Å²) in [6.07, 6.45) is 4.73. The van der Waals surface area contributed by atoms with Crippen LogP contribution in [0.5, 0.6) is 0 Å². The van der Waals surface area contributed by atoms with E-state index in [4.69, 9.17) is 5.73 Å². The Morgan fingerprint density at radius 3 is 2.60 bits per heavy atom. The van der Waals surface area contributed by atoms with Gasteiger partial charge in [0.1, 0.15) is 5.82 Å². The third kappa shape index (κ3) is 4.04. The first kappa shape index (κ1) is 15.0. The van der Waals surface area contributed by atoms with Gasteiger partial charge in [-0.3, -0.25) is 4.79 Å². The summed E-state index contributed by atoms with van der Waals surface area (Å²) in [5.74, 6) is -0.269. The Morgan fingerprint density at radius 2 is 2.05 bits per heavy atom. The predicted molar refractivity (Wildman–Crippen MR) is 77.7 cm³/mol. The molecular weight excluding hydrogens is 255 g/mol. The van der Waals surface area contributed by atoms with Gasteiger partial charge in [0, 0.05) is 6.54 Å². The number of nitrogens with two attached hydrogens (primary N) is 1. The van der Waals surface area contributed by atoms with Gasteiger partial charge >= 0.3 is 0 Å². The van der Waals surface area contributed by atoms with E-state index < -0.39 is 6.04 Å². The molecule has 0 radical (unpaired) electrons. The normalized spacial score (nSPS) is 17.6. The number of hydrogen-bond donors (Lipinski definition) is 2. The minimum absolute atomic E-state index is 0.0581. The predicted octanol–water partition coefficient (Wildman–Crippen LogP) is 2.39. The van der Waals surface area contributed by atoms with E-state index in [-0.39, 0.29) is 17.1 Å². The van der Waals surface area contributed by atoms with E-state index >= 15 is 0 Å². The van der Waals surface area contributed by atoms with Crippen LogP contribution < -0.4 is 11.1 Å². The Hall–Kier alpha value is -1.42. The van der Waals surface area contributed by atoms with Crippen molar-refractivity contribution >= 4 is 5.91 Å². The Labute approximate surface area is 119 Å². The number of carbonyl (C=O) groups is 1. The lowest BCUT2D eigenvalue weighted by Crippen LogP contribution is -2.43. The number of nitrogens with one attached hydrogen (secondary N) is 1. The maximum atomic E-state index is 12.9. The molecule has 0 aliphatic heterocycles. The fraction of sp³-hybridized carbons (Fsp3) is 0.562. The number of halogens is 1. The molecule has 1 aliphatic carbocycles. The van der Waals surface area contributed by atoms with Crippen molar-refractivity contribution in [2.75, 3.05) is 6.54 Å². The molecule has 0 spiro atoms. The van der Waals surface area contributed by atoms with Gasteiger partial charge < -0.3 is 11.1 Å². The number of amides is 1. The van der Waals surface area contributed by atoms with Crippen molar-refractivity contribution in [1.29, 1.82) is 0 Å². The van der Waals surface area contributed by atoms with Crippen LogP contribution in [0.25, 0.3) is 0 Å². The van der Waals surface area contributed by atoms with Crippen LogP contribution in [0, 0.1) is 11.2 Å². The highest BCUT2D eigenvalue weighted by Crippen LogP contribution is 2.47. The van der Waals surface area contributed by atoms with E-state index in [2.05, 4.69) is 5.32 Å². The minimum Gasteiger partial charge on any atom is -0.354 e. The van der Waals surface area contributed by atoms with Crippen molar-refractivity contribution in [3.63, 3.8) is 0 Å². The van der Waals surface area contributed by atoms with Crippen LogP contribution in [0.1, 0.15) is 38.2 Å². The molecule has 20 heavy (non-hydrogen) atoms. The summed E-state index contributed by atoms with van der Waals surface area (Å²) in [4.78, 5) is 11.8. The van der Waals surface area contributed by atoms with Crippen LogP contribution >= 0.6 is 0 Å².